The molecule has 3 aromatic heterocycles. The number of carboxylic acid groups (broad SMARTS) is 1. The maximum atomic E-state index is 12.1. The van der Waals surface area contributed by atoms with Gasteiger partial charge in [-0.1, -0.05) is 0 Å². The molecule has 1 atom stereocenters. The van der Waals surface area contributed by atoms with Crippen molar-refractivity contribution < 1.29 is 9.90 Å². The first kappa shape index (κ1) is 17.9. The standard InChI is InChI=1S/C21H22N6O2/c28-20(29)27-12-6-21(4-10-23-11-5-21)18(27)17-15-3-9-24-13-16(15)25-19(26-17)14-1-7-22-8-2-14/h1-3,7-9,13,18,23H,4-6,10-12H2,(H,28,29). The number of piperidine rings is 1. The van der Waals surface area contributed by atoms with Gasteiger partial charge in [-0.25, -0.2) is 14.8 Å². The van der Waals surface area contributed by atoms with E-state index in [1.54, 1.807) is 29.7 Å². The number of carbonyl (C=O) groups is 1. The van der Waals surface area contributed by atoms with Crippen LogP contribution in [-0.4, -0.2) is 55.7 Å². The van der Waals surface area contributed by atoms with Crippen molar-refractivity contribution in [3.8, 4) is 11.4 Å². The number of rotatable bonds is 2. The van der Waals surface area contributed by atoms with Gasteiger partial charge in [-0.15, -0.1) is 0 Å². The second-order valence-electron chi connectivity index (χ2n) is 7.80. The van der Waals surface area contributed by atoms with Crippen LogP contribution in [0, 0.1) is 5.41 Å². The number of nitrogens with zero attached hydrogens (tertiary/aromatic N) is 5. The number of hydrogen-bond acceptors (Lipinski definition) is 6. The molecule has 1 unspecified atom stereocenters. The second kappa shape index (κ2) is 7.04. The molecule has 0 bridgehead atoms. The minimum Gasteiger partial charge on any atom is -0.465 e. The number of nitrogens with one attached hydrogen (secondary N) is 1. The maximum absolute atomic E-state index is 12.1. The van der Waals surface area contributed by atoms with Crippen LogP contribution in [0.4, 0.5) is 4.79 Å². The van der Waals surface area contributed by atoms with Gasteiger partial charge < -0.3 is 10.4 Å². The third-order valence-corrected chi connectivity index (χ3v) is 6.31. The van der Waals surface area contributed by atoms with E-state index in [9.17, 15) is 9.90 Å². The fourth-order valence-corrected chi connectivity index (χ4v) is 4.88. The molecule has 0 saturated carbocycles. The zero-order chi connectivity index (χ0) is 19.8. The van der Waals surface area contributed by atoms with Gasteiger partial charge in [0.2, 0.25) is 0 Å². The molecule has 8 heteroatoms. The summed E-state index contributed by atoms with van der Waals surface area (Å²) in [4.78, 5) is 31.7. The lowest BCUT2D eigenvalue weighted by Gasteiger charge is -2.40. The molecule has 1 spiro atoms. The fraction of sp³-hybridized carbons (Fsp3) is 0.381. The largest absolute Gasteiger partial charge is 0.465 e. The number of pyridine rings is 2. The average molecular weight is 390 g/mol. The molecule has 2 aliphatic heterocycles. The SMILES string of the molecule is O=C(O)N1CCC2(CCNCC2)C1c1nc(-c2ccncc2)nc2cnccc12. The van der Waals surface area contributed by atoms with Crippen LogP contribution in [-0.2, 0) is 0 Å². The first-order valence-corrected chi connectivity index (χ1v) is 9.90. The van der Waals surface area contributed by atoms with Crippen molar-refractivity contribution in [3.63, 3.8) is 0 Å². The molecule has 0 aromatic carbocycles. The molecule has 2 saturated heterocycles. The minimum absolute atomic E-state index is 0.107. The number of fused-ring (bicyclic) bond motifs is 1. The van der Waals surface area contributed by atoms with Gasteiger partial charge in [-0.3, -0.25) is 14.9 Å². The predicted molar refractivity (Wildman–Crippen MR) is 107 cm³/mol. The van der Waals surface area contributed by atoms with Crippen LogP contribution in [0.15, 0.2) is 43.0 Å². The molecule has 5 heterocycles. The molecule has 5 rings (SSSR count). The van der Waals surface area contributed by atoms with Gasteiger partial charge in [-0.2, -0.15) is 0 Å². The fourth-order valence-electron chi connectivity index (χ4n) is 4.88. The van der Waals surface area contributed by atoms with Crippen molar-refractivity contribution in [2.75, 3.05) is 19.6 Å². The summed E-state index contributed by atoms with van der Waals surface area (Å²) < 4.78 is 0. The van der Waals surface area contributed by atoms with E-state index in [0.717, 1.165) is 54.5 Å². The smallest absolute Gasteiger partial charge is 0.407 e. The van der Waals surface area contributed by atoms with Crippen molar-refractivity contribution in [2.24, 2.45) is 5.41 Å². The van der Waals surface area contributed by atoms with Crippen LogP contribution in [0.3, 0.4) is 0 Å². The minimum atomic E-state index is -0.892. The Morgan fingerprint density at radius 3 is 2.59 bits per heavy atom. The Kier molecular flexibility index (Phi) is 4.35. The summed E-state index contributed by atoms with van der Waals surface area (Å²) >= 11 is 0. The van der Waals surface area contributed by atoms with Crippen molar-refractivity contribution in [1.82, 2.24) is 30.2 Å². The topological polar surface area (TPSA) is 104 Å². The number of aromatic nitrogens is 4. The maximum Gasteiger partial charge on any atom is 0.407 e. The van der Waals surface area contributed by atoms with E-state index in [-0.39, 0.29) is 11.5 Å². The Balaban J connectivity index is 1.74. The van der Waals surface area contributed by atoms with Gasteiger partial charge >= 0.3 is 6.09 Å². The summed E-state index contributed by atoms with van der Waals surface area (Å²) in [6.45, 7) is 2.32. The van der Waals surface area contributed by atoms with E-state index < -0.39 is 6.09 Å². The highest BCUT2D eigenvalue weighted by Gasteiger charge is 2.51. The Hall–Kier alpha value is -3.13. The van der Waals surface area contributed by atoms with Crippen molar-refractivity contribution in [3.05, 3.63) is 48.7 Å². The lowest BCUT2D eigenvalue weighted by molar-refractivity contribution is 0.0964. The molecule has 0 aliphatic carbocycles. The van der Waals surface area contributed by atoms with Crippen LogP contribution in [0.2, 0.25) is 0 Å². The van der Waals surface area contributed by atoms with Crippen molar-refractivity contribution >= 4 is 17.0 Å². The van der Waals surface area contributed by atoms with Crippen LogP contribution in [0.1, 0.15) is 31.0 Å². The van der Waals surface area contributed by atoms with E-state index >= 15 is 0 Å². The molecule has 2 N–H and O–H groups in total. The quantitative estimate of drug-likeness (QED) is 0.693. The normalized spacial score (nSPS) is 21.0. The Bertz CT molecular complexity index is 1050. The van der Waals surface area contributed by atoms with E-state index in [1.807, 2.05) is 18.2 Å². The van der Waals surface area contributed by atoms with Gasteiger partial charge in [0.25, 0.3) is 0 Å². The highest BCUT2D eigenvalue weighted by atomic mass is 16.4. The van der Waals surface area contributed by atoms with Gasteiger partial charge in [0.1, 0.15) is 0 Å². The molecule has 29 heavy (non-hydrogen) atoms. The molecule has 2 fully saturated rings. The summed E-state index contributed by atoms with van der Waals surface area (Å²) in [5, 5.41) is 14.2. The zero-order valence-electron chi connectivity index (χ0n) is 16.0. The first-order chi connectivity index (χ1) is 14.2. The van der Waals surface area contributed by atoms with Gasteiger partial charge in [0.05, 0.1) is 23.4 Å². The molecule has 8 nitrogen and oxygen atoms in total. The summed E-state index contributed by atoms with van der Waals surface area (Å²) in [6.07, 6.45) is 8.68. The summed E-state index contributed by atoms with van der Waals surface area (Å²) in [5.74, 6) is 0.573. The number of amides is 1. The highest BCUT2D eigenvalue weighted by Crippen LogP contribution is 2.53. The molecule has 3 aromatic rings. The lowest BCUT2D eigenvalue weighted by Crippen LogP contribution is -2.42. The van der Waals surface area contributed by atoms with Crippen LogP contribution < -0.4 is 5.32 Å². The molecule has 148 valence electrons. The predicted octanol–water partition coefficient (Wildman–Crippen LogP) is 2.88. The molecular formula is C21H22N6O2. The van der Waals surface area contributed by atoms with Gasteiger partial charge in [0, 0.05) is 41.5 Å². The third kappa shape index (κ3) is 3.00. The molecule has 0 radical (unpaired) electrons. The number of hydrogen-bond donors (Lipinski definition) is 2. The Labute approximate surface area is 168 Å². The molecule has 1 amide bonds. The summed E-state index contributed by atoms with van der Waals surface area (Å²) in [5.41, 5.74) is 2.26. The van der Waals surface area contributed by atoms with E-state index in [2.05, 4.69) is 15.3 Å². The average Bonchev–Trinajstić information content (AvgIpc) is 3.12. The van der Waals surface area contributed by atoms with Gasteiger partial charge in [-0.05, 0) is 50.6 Å². The van der Waals surface area contributed by atoms with Crippen LogP contribution in [0.25, 0.3) is 22.3 Å². The van der Waals surface area contributed by atoms with Crippen LogP contribution >= 0.6 is 0 Å². The number of likely N-dealkylation sites (tertiary alicyclic amines) is 1. The summed E-state index contributed by atoms with van der Waals surface area (Å²) in [6, 6.07) is 5.33. The molecule has 2 aliphatic rings. The van der Waals surface area contributed by atoms with Gasteiger partial charge in [0.15, 0.2) is 5.82 Å². The Morgan fingerprint density at radius 1 is 1.07 bits per heavy atom. The van der Waals surface area contributed by atoms with Crippen molar-refractivity contribution in [2.45, 2.75) is 25.3 Å². The van der Waals surface area contributed by atoms with E-state index in [1.165, 1.54) is 0 Å². The molecular weight excluding hydrogens is 368 g/mol. The summed E-state index contributed by atoms with van der Waals surface area (Å²) in [7, 11) is 0. The first-order valence-electron chi connectivity index (χ1n) is 9.90. The Morgan fingerprint density at radius 2 is 1.83 bits per heavy atom. The van der Waals surface area contributed by atoms with E-state index in [0.29, 0.717) is 12.4 Å². The van der Waals surface area contributed by atoms with Crippen LogP contribution in [0.5, 0.6) is 0 Å². The lowest BCUT2D eigenvalue weighted by atomic mass is 9.71. The monoisotopic (exact) mass is 390 g/mol. The third-order valence-electron chi connectivity index (χ3n) is 6.31. The van der Waals surface area contributed by atoms with Crippen molar-refractivity contribution in [1.29, 1.82) is 0 Å². The highest BCUT2D eigenvalue weighted by molar-refractivity contribution is 5.83. The second-order valence-corrected chi connectivity index (χ2v) is 7.80. The van der Waals surface area contributed by atoms with E-state index in [4.69, 9.17) is 9.97 Å². The zero-order valence-corrected chi connectivity index (χ0v) is 16.0.